The molecule has 0 unspecified atom stereocenters. The fourth-order valence-corrected chi connectivity index (χ4v) is 10.5. The van der Waals surface area contributed by atoms with Gasteiger partial charge in [0.15, 0.2) is 0 Å². The van der Waals surface area contributed by atoms with Crippen LogP contribution in [0.1, 0.15) is 117 Å². The van der Waals surface area contributed by atoms with Gasteiger partial charge in [0.1, 0.15) is 54.4 Å². The summed E-state index contributed by atoms with van der Waals surface area (Å²) in [5.41, 5.74) is 19.6. The Balaban J connectivity index is 1.77. The maximum atomic E-state index is 14.5. The standard InChI is InChI=1S/C68H104N14O13S/c1-40(2)55(71)64(90)76-47(29-19-21-32-69)60(86)78-50(35-44-23-13-10-14-24-44)59(85)72-39-54(84)80-56(41(3)4)65(91)73-38-53(83)74-51(36-45-25-15-11-16-26-45)63(89)75-48(30-20-22-33-70)61(87)81-57(42(5)6)66(92)77-49(31-34-96-9)62(88)82-58(43(7)8)67(93)79-52(68(94)95)37-46-27-17-12-18-28-46/h10-18,23-28,40-43,47-52,55-58H,19-22,29-39,69-71H2,1-9H3,(H,72,85)(H,73,91)(H,74,83)(H,75,89)(H,76,90)(H,77,92)(H,78,86)(H,79,93)(H,80,84)(H,81,87)(H,82,88)(H,94,95)/t47-,48-,49-,50-,51-,52-,55-,56-,57-,58-/m0/s1. The van der Waals surface area contributed by atoms with E-state index in [0.29, 0.717) is 54.7 Å². The number of carbonyl (C=O) groups excluding carboxylic acids is 11. The number of carbonyl (C=O) groups is 12. The summed E-state index contributed by atoms with van der Waals surface area (Å²) in [5.74, 6) is -10.8. The molecule has 11 amide bonds. The van der Waals surface area contributed by atoms with E-state index in [9.17, 15) is 62.6 Å². The van der Waals surface area contributed by atoms with Crippen molar-refractivity contribution in [2.75, 3.05) is 38.2 Å². The molecule has 3 rings (SSSR count). The van der Waals surface area contributed by atoms with Gasteiger partial charge >= 0.3 is 5.97 Å². The highest BCUT2D eigenvalue weighted by Crippen LogP contribution is 2.14. The summed E-state index contributed by atoms with van der Waals surface area (Å²) in [6, 6.07) is 14.2. The molecule has 0 heterocycles. The van der Waals surface area contributed by atoms with Gasteiger partial charge in [-0.05, 0) is 110 Å². The topological polar surface area (TPSA) is 435 Å². The van der Waals surface area contributed by atoms with E-state index in [1.807, 2.05) is 0 Å². The Kier molecular flexibility index (Phi) is 37.1. The molecule has 0 radical (unpaired) electrons. The summed E-state index contributed by atoms with van der Waals surface area (Å²) in [6.45, 7) is 12.8. The number of rotatable bonds is 44. The Hall–Kier alpha value is -8.47. The van der Waals surface area contributed by atoms with Gasteiger partial charge in [0, 0.05) is 19.3 Å². The van der Waals surface area contributed by atoms with E-state index in [4.69, 9.17) is 17.2 Å². The quantitative estimate of drug-likeness (QED) is 0.0340. The highest BCUT2D eigenvalue weighted by molar-refractivity contribution is 7.98. The molecule has 10 atom stereocenters. The van der Waals surface area contributed by atoms with Crippen molar-refractivity contribution in [2.24, 2.45) is 40.9 Å². The van der Waals surface area contributed by atoms with Gasteiger partial charge in [0.25, 0.3) is 0 Å². The minimum atomic E-state index is -1.33. The normalized spacial score (nSPS) is 14.4. The molecular formula is C68H104N14O13S. The molecule has 0 aromatic heterocycles. The minimum Gasteiger partial charge on any atom is -0.480 e. The first-order chi connectivity index (χ1) is 45.6. The number of amides is 11. The van der Waals surface area contributed by atoms with E-state index in [-0.39, 0.29) is 51.0 Å². The fourth-order valence-electron chi connectivity index (χ4n) is 9.98. The second kappa shape index (κ2) is 43.6. The molecular weight excluding hydrogens is 1250 g/mol. The van der Waals surface area contributed by atoms with Crippen LogP contribution in [-0.4, -0.2) is 175 Å². The van der Waals surface area contributed by atoms with Crippen molar-refractivity contribution >= 4 is 82.7 Å². The maximum absolute atomic E-state index is 14.5. The van der Waals surface area contributed by atoms with Crippen molar-refractivity contribution < 1.29 is 62.6 Å². The maximum Gasteiger partial charge on any atom is 0.326 e. The molecule has 0 aliphatic carbocycles. The molecule has 28 heteroatoms. The van der Waals surface area contributed by atoms with Gasteiger partial charge in [0.2, 0.25) is 65.0 Å². The van der Waals surface area contributed by atoms with Crippen molar-refractivity contribution in [3.63, 3.8) is 0 Å². The van der Waals surface area contributed by atoms with Gasteiger partial charge in [-0.25, -0.2) is 4.79 Å². The molecule has 0 saturated heterocycles. The molecule has 96 heavy (non-hydrogen) atoms. The number of carboxylic acid groups (broad SMARTS) is 1. The highest BCUT2D eigenvalue weighted by atomic mass is 32.2. The average molecular weight is 1360 g/mol. The molecule has 0 aliphatic rings. The summed E-state index contributed by atoms with van der Waals surface area (Å²) >= 11 is 1.40. The van der Waals surface area contributed by atoms with Crippen molar-refractivity contribution in [1.82, 2.24) is 58.5 Å². The van der Waals surface area contributed by atoms with Crippen molar-refractivity contribution in [3.05, 3.63) is 108 Å². The van der Waals surface area contributed by atoms with Crippen LogP contribution < -0.4 is 75.7 Å². The van der Waals surface area contributed by atoms with Crippen LogP contribution in [-0.2, 0) is 76.8 Å². The number of carboxylic acids is 1. The number of benzene rings is 3. The van der Waals surface area contributed by atoms with Gasteiger partial charge < -0.3 is 80.8 Å². The molecule has 530 valence electrons. The number of nitrogens with two attached hydrogens (primary N) is 3. The largest absolute Gasteiger partial charge is 0.480 e. The number of aliphatic carboxylic acids is 1. The Labute approximate surface area is 568 Å². The SMILES string of the molecule is CSCC[C@H](NC(=O)[C@@H](NC(=O)[C@H](CCCCN)NC(=O)[C@H](Cc1ccccc1)NC(=O)CNC(=O)[C@@H](NC(=O)CNC(=O)[C@H](Cc1ccccc1)NC(=O)[C@H](CCCCN)NC(=O)[C@@H](N)C(C)C)C(C)C)C(C)C)C(=O)N[C@H](C(=O)N[C@@H](Cc1ccccc1)C(=O)O)C(C)C. The Morgan fingerprint density at radius 1 is 0.375 bits per heavy atom. The zero-order valence-corrected chi connectivity index (χ0v) is 57.7. The van der Waals surface area contributed by atoms with Crippen LogP contribution in [0.25, 0.3) is 0 Å². The van der Waals surface area contributed by atoms with Gasteiger partial charge in [-0.1, -0.05) is 146 Å². The zero-order chi connectivity index (χ0) is 71.4. The third-order valence-corrected chi connectivity index (χ3v) is 16.4. The van der Waals surface area contributed by atoms with Crippen molar-refractivity contribution in [1.29, 1.82) is 0 Å². The van der Waals surface area contributed by atoms with Gasteiger partial charge in [-0.3, -0.25) is 52.7 Å². The average Bonchev–Trinajstić information content (AvgIpc) is 1.10. The number of nitrogens with one attached hydrogen (secondary N) is 11. The van der Waals surface area contributed by atoms with Gasteiger partial charge in [-0.15, -0.1) is 0 Å². The van der Waals surface area contributed by atoms with Crippen molar-refractivity contribution in [3.8, 4) is 0 Å². The first kappa shape index (κ1) is 81.8. The van der Waals surface area contributed by atoms with Crippen LogP contribution in [0, 0.1) is 23.7 Å². The second-order valence-corrected chi connectivity index (χ2v) is 26.1. The predicted molar refractivity (Wildman–Crippen MR) is 368 cm³/mol. The Morgan fingerprint density at radius 2 is 0.708 bits per heavy atom. The zero-order valence-electron chi connectivity index (χ0n) is 56.8. The highest BCUT2D eigenvalue weighted by Gasteiger charge is 2.36. The predicted octanol–water partition coefficient (Wildman–Crippen LogP) is 0.357. The van der Waals surface area contributed by atoms with Gasteiger partial charge in [-0.2, -0.15) is 11.8 Å². The van der Waals surface area contributed by atoms with E-state index in [0.717, 1.165) is 0 Å². The van der Waals surface area contributed by atoms with Gasteiger partial charge in [0.05, 0.1) is 19.1 Å². The van der Waals surface area contributed by atoms with E-state index in [2.05, 4.69) is 58.5 Å². The lowest BCUT2D eigenvalue weighted by atomic mass is 9.99. The summed E-state index contributed by atoms with van der Waals surface area (Å²) in [4.78, 5) is 165. The van der Waals surface area contributed by atoms with Crippen LogP contribution in [0.4, 0.5) is 0 Å². The van der Waals surface area contributed by atoms with Crippen LogP contribution in [0.2, 0.25) is 0 Å². The number of thioether (sulfide) groups is 1. The molecule has 27 nitrogen and oxygen atoms in total. The molecule has 0 bridgehead atoms. The summed E-state index contributed by atoms with van der Waals surface area (Å²) in [6.07, 6.45) is 3.99. The Bertz CT molecular complexity index is 2980. The smallest absolute Gasteiger partial charge is 0.326 e. The number of unbranched alkanes of at least 4 members (excludes halogenated alkanes) is 2. The first-order valence-electron chi connectivity index (χ1n) is 32.9. The third-order valence-electron chi connectivity index (χ3n) is 15.8. The van der Waals surface area contributed by atoms with Crippen LogP contribution in [0.3, 0.4) is 0 Å². The van der Waals surface area contributed by atoms with Crippen molar-refractivity contribution in [2.45, 2.75) is 180 Å². The lowest BCUT2D eigenvalue weighted by molar-refractivity contribution is -0.142. The lowest BCUT2D eigenvalue weighted by Crippen LogP contribution is -2.61. The van der Waals surface area contributed by atoms with Crippen LogP contribution in [0.15, 0.2) is 91.0 Å². The summed E-state index contributed by atoms with van der Waals surface area (Å²) < 4.78 is 0. The molecule has 0 aliphatic heterocycles. The van der Waals surface area contributed by atoms with E-state index in [1.54, 1.807) is 153 Å². The molecule has 0 saturated carbocycles. The molecule has 0 fully saturated rings. The summed E-state index contributed by atoms with van der Waals surface area (Å²) in [5, 5.41) is 39.3. The van der Waals surface area contributed by atoms with Crippen LogP contribution in [0.5, 0.6) is 0 Å². The fraction of sp³-hybridized carbons (Fsp3) is 0.559. The van der Waals surface area contributed by atoms with E-state index >= 15 is 0 Å². The minimum absolute atomic E-state index is 0.0114. The molecule has 3 aromatic carbocycles. The molecule has 18 N–H and O–H groups in total. The lowest BCUT2D eigenvalue weighted by Gasteiger charge is -2.29. The van der Waals surface area contributed by atoms with E-state index in [1.165, 1.54) is 11.8 Å². The Morgan fingerprint density at radius 3 is 1.11 bits per heavy atom. The molecule has 3 aromatic rings. The van der Waals surface area contributed by atoms with E-state index < -0.39 is 162 Å². The number of hydrogen-bond acceptors (Lipinski definition) is 16. The number of hydrogen-bond donors (Lipinski definition) is 15. The third kappa shape index (κ3) is 29.7. The monoisotopic (exact) mass is 1360 g/mol. The van der Waals surface area contributed by atoms with Crippen LogP contribution >= 0.6 is 11.8 Å². The summed E-state index contributed by atoms with van der Waals surface area (Å²) in [7, 11) is 0. The first-order valence-corrected chi connectivity index (χ1v) is 34.3. The second-order valence-electron chi connectivity index (χ2n) is 25.1. The molecule has 0 spiro atoms.